The van der Waals surface area contributed by atoms with Crippen LogP contribution in [0.3, 0.4) is 0 Å². The molecule has 44 heavy (non-hydrogen) atoms. The van der Waals surface area contributed by atoms with Gasteiger partial charge in [0, 0.05) is 32.7 Å². The lowest BCUT2D eigenvalue weighted by Crippen LogP contribution is -2.42. The molecule has 2 aromatic carbocycles. The van der Waals surface area contributed by atoms with Crippen molar-refractivity contribution in [2.75, 3.05) is 51.9 Å². The minimum absolute atomic E-state index is 0.0852. The maximum atomic E-state index is 14.9. The first kappa shape index (κ1) is 33.6. The van der Waals surface area contributed by atoms with E-state index in [-0.39, 0.29) is 10.6 Å². The fraction of sp³-hybridized carbons (Fsp3) is 0.500. The summed E-state index contributed by atoms with van der Waals surface area (Å²) in [5.41, 5.74) is 1.62. The molecule has 1 aliphatic heterocycles. The highest BCUT2D eigenvalue weighted by Crippen LogP contribution is 2.36. The molecule has 0 radical (unpaired) electrons. The maximum Gasteiger partial charge on any atom is 0.320 e. The summed E-state index contributed by atoms with van der Waals surface area (Å²) in [7, 11) is -0.318. The second-order valence-electron chi connectivity index (χ2n) is 12.7. The van der Waals surface area contributed by atoms with E-state index in [1.807, 2.05) is 37.3 Å². The third kappa shape index (κ3) is 7.84. The van der Waals surface area contributed by atoms with E-state index >= 15 is 0 Å². The Balaban J connectivity index is 1.52. The molecule has 0 bridgehead atoms. The molecule has 9 nitrogen and oxygen atoms in total. The lowest BCUT2D eigenvalue weighted by atomic mass is 9.93. The zero-order valence-corrected chi connectivity index (χ0v) is 27.7. The number of urea groups is 1. The average Bonchev–Trinajstić information content (AvgIpc) is 3.51. The molecule has 2 amide bonds. The number of rotatable bonds is 12. The Morgan fingerprint density at radius 3 is 2.45 bits per heavy atom. The zero-order valence-electron chi connectivity index (χ0n) is 26.7. The van der Waals surface area contributed by atoms with E-state index in [9.17, 15) is 13.6 Å². The van der Waals surface area contributed by atoms with Gasteiger partial charge in [0.15, 0.2) is 20.0 Å². The minimum Gasteiger partial charge on any atom is -0.474 e. The van der Waals surface area contributed by atoms with Crippen molar-refractivity contribution in [1.82, 2.24) is 20.0 Å². The summed E-state index contributed by atoms with van der Waals surface area (Å²) in [6, 6.07) is 12.6. The molecule has 2 atom stereocenters. The summed E-state index contributed by atoms with van der Waals surface area (Å²) in [6.45, 7) is 15.5. The van der Waals surface area contributed by atoms with E-state index in [1.165, 1.54) is 6.07 Å². The van der Waals surface area contributed by atoms with Crippen LogP contribution in [-0.4, -0.2) is 81.6 Å². The van der Waals surface area contributed by atoms with Crippen molar-refractivity contribution in [3.63, 3.8) is 0 Å². The second-order valence-corrected chi connectivity index (χ2v) is 17.5. The fourth-order valence-corrected chi connectivity index (χ4v) is 6.06. The van der Waals surface area contributed by atoms with Gasteiger partial charge in [-0.25, -0.2) is 18.3 Å². The van der Waals surface area contributed by atoms with Gasteiger partial charge in [-0.15, -0.1) is 5.10 Å². The molecule has 2 heterocycles. The summed E-state index contributed by atoms with van der Waals surface area (Å²) in [5, 5.41) is 10.7. The molecular weight excluding hydrogens is 584 g/mol. The maximum absolute atomic E-state index is 14.9. The van der Waals surface area contributed by atoms with E-state index in [1.54, 1.807) is 17.9 Å². The number of aromatic nitrogens is 2. The molecular formula is C32H45F2N5O4Si. The lowest BCUT2D eigenvalue weighted by Gasteiger charge is -2.36. The Morgan fingerprint density at radius 1 is 1.05 bits per heavy atom. The molecule has 240 valence electrons. The number of methoxy groups -OCH3 is 1. The topological polar surface area (TPSA) is 89.9 Å². The van der Waals surface area contributed by atoms with Crippen LogP contribution in [0.5, 0.6) is 5.88 Å². The molecule has 1 fully saturated rings. The Morgan fingerprint density at radius 2 is 1.77 bits per heavy atom. The van der Waals surface area contributed by atoms with Crippen LogP contribution in [0.2, 0.25) is 18.1 Å². The van der Waals surface area contributed by atoms with Crippen molar-refractivity contribution in [1.29, 1.82) is 0 Å². The Bertz CT molecular complexity index is 1410. The van der Waals surface area contributed by atoms with Crippen LogP contribution in [0, 0.1) is 18.6 Å². The largest absolute Gasteiger partial charge is 0.474 e. The molecule has 1 aliphatic rings. The number of para-hydroxylation sites is 1. The molecule has 0 spiro atoms. The number of nitrogens with one attached hydrogen (secondary N) is 2. The SMILES string of the molecule is COCCN1C[C@H](NC(=O)Nc2c(C)c(OCCO[Si](C)(C)C(C)(C)C)nn2-c2ccccc2)[C@H](c2cccc(F)c2F)C1. The van der Waals surface area contributed by atoms with Gasteiger partial charge in [-0.2, -0.15) is 0 Å². The number of amides is 2. The van der Waals surface area contributed by atoms with E-state index in [0.717, 1.165) is 11.8 Å². The predicted molar refractivity (Wildman–Crippen MR) is 170 cm³/mol. The van der Waals surface area contributed by atoms with Crippen LogP contribution in [0.15, 0.2) is 48.5 Å². The van der Waals surface area contributed by atoms with Gasteiger partial charge in [0.05, 0.1) is 30.5 Å². The number of ether oxygens (including phenoxy) is 2. The van der Waals surface area contributed by atoms with Crippen molar-refractivity contribution in [3.05, 3.63) is 71.3 Å². The van der Waals surface area contributed by atoms with E-state index in [4.69, 9.17) is 13.9 Å². The van der Waals surface area contributed by atoms with Gasteiger partial charge in [-0.1, -0.05) is 51.1 Å². The molecule has 0 unspecified atom stereocenters. The van der Waals surface area contributed by atoms with Gasteiger partial charge >= 0.3 is 6.03 Å². The van der Waals surface area contributed by atoms with Crippen molar-refractivity contribution >= 4 is 20.2 Å². The first-order valence-electron chi connectivity index (χ1n) is 15.0. The third-order valence-corrected chi connectivity index (χ3v) is 13.1. The van der Waals surface area contributed by atoms with E-state index in [2.05, 4.69) is 54.5 Å². The standard InChI is InChI=1S/C32H45F2N5O4Si/c1-22-29(39(23-12-9-8-10-13-23)37-30(22)42-18-19-43-44(6,7)32(2,3)4)36-31(40)35-27-21-38(16-17-41-5)20-25(27)24-14-11-15-26(33)28(24)34/h8-15,25,27H,16-21H2,1-7H3,(H2,35,36,40)/t25-,27-/m0/s1. The molecule has 0 aliphatic carbocycles. The summed E-state index contributed by atoms with van der Waals surface area (Å²) in [5.74, 6) is -1.43. The smallest absolute Gasteiger partial charge is 0.320 e. The van der Waals surface area contributed by atoms with Gasteiger partial charge in [0.25, 0.3) is 0 Å². The van der Waals surface area contributed by atoms with Crippen molar-refractivity contribution in [3.8, 4) is 11.6 Å². The molecule has 1 aromatic heterocycles. The van der Waals surface area contributed by atoms with Crippen molar-refractivity contribution < 1.29 is 27.5 Å². The molecule has 3 aromatic rings. The number of likely N-dealkylation sites (tertiary alicyclic amines) is 1. The highest BCUT2D eigenvalue weighted by atomic mass is 28.4. The monoisotopic (exact) mass is 629 g/mol. The third-order valence-electron chi connectivity index (χ3n) is 8.61. The molecule has 0 saturated carbocycles. The predicted octanol–water partition coefficient (Wildman–Crippen LogP) is 6.10. The molecule has 4 rings (SSSR count). The summed E-state index contributed by atoms with van der Waals surface area (Å²) < 4.78 is 48.2. The summed E-state index contributed by atoms with van der Waals surface area (Å²) in [4.78, 5) is 15.6. The number of nitrogens with zero attached hydrogens (tertiary/aromatic N) is 3. The zero-order chi connectivity index (χ0) is 32.1. The lowest BCUT2D eigenvalue weighted by molar-refractivity contribution is 0.159. The Labute approximate surface area is 260 Å². The summed E-state index contributed by atoms with van der Waals surface area (Å²) in [6.07, 6.45) is 0. The fourth-order valence-electron chi connectivity index (χ4n) is 5.04. The Hall–Kier alpha value is -3.32. The number of carbonyl (C=O) groups excluding carboxylic acids is 1. The molecule has 2 N–H and O–H groups in total. The van der Waals surface area contributed by atoms with Crippen LogP contribution < -0.4 is 15.4 Å². The molecule has 1 saturated heterocycles. The van der Waals surface area contributed by atoms with Gasteiger partial charge < -0.3 is 19.2 Å². The number of halogens is 2. The highest BCUT2D eigenvalue weighted by Gasteiger charge is 2.38. The van der Waals surface area contributed by atoms with E-state index < -0.39 is 37.9 Å². The Kier molecular flexibility index (Phi) is 10.8. The number of hydrogen-bond donors (Lipinski definition) is 2. The normalized spacial score (nSPS) is 17.6. The molecule has 12 heteroatoms. The van der Waals surface area contributed by atoms with Crippen LogP contribution >= 0.6 is 0 Å². The van der Waals surface area contributed by atoms with Gasteiger partial charge in [-0.05, 0) is 48.8 Å². The summed E-state index contributed by atoms with van der Waals surface area (Å²) >= 11 is 0. The van der Waals surface area contributed by atoms with Crippen molar-refractivity contribution in [2.24, 2.45) is 0 Å². The minimum atomic E-state index is -1.93. The quantitative estimate of drug-likeness (QED) is 0.186. The van der Waals surface area contributed by atoms with Crippen LogP contribution in [0.4, 0.5) is 19.4 Å². The number of anilines is 1. The van der Waals surface area contributed by atoms with Crippen LogP contribution in [0.25, 0.3) is 5.69 Å². The van der Waals surface area contributed by atoms with Crippen LogP contribution in [-0.2, 0) is 9.16 Å². The number of benzene rings is 2. The van der Waals surface area contributed by atoms with Gasteiger partial charge in [0.2, 0.25) is 5.88 Å². The van der Waals surface area contributed by atoms with E-state index in [0.29, 0.717) is 56.7 Å². The first-order valence-corrected chi connectivity index (χ1v) is 17.9. The van der Waals surface area contributed by atoms with Crippen LogP contribution in [0.1, 0.15) is 37.8 Å². The van der Waals surface area contributed by atoms with Gasteiger partial charge in [0.1, 0.15) is 12.4 Å². The second kappa shape index (κ2) is 14.2. The number of hydrogen-bond acceptors (Lipinski definition) is 6. The van der Waals surface area contributed by atoms with Crippen molar-refractivity contribution in [2.45, 2.75) is 57.8 Å². The number of carbonyl (C=O) groups is 1. The van der Waals surface area contributed by atoms with Gasteiger partial charge in [-0.3, -0.25) is 10.2 Å². The highest BCUT2D eigenvalue weighted by molar-refractivity contribution is 6.74. The average molecular weight is 630 g/mol. The first-order chi connectivity index (χ1) is 20.8.